The molecule has 0 aliphatic rings. The molecule has 0 radical (unpaired) electrons. The highest BCUT2D eigenvalue weighted by atomic mass is 35.5. The number of hydrogen-bond donors (Lipinski definition) is 0. The summed E-state index contributed by atoms with van der Waals surface area (Å²) in [5.41, 5.74) is 0. The first-order chi connectivity index (χ1) is 8.09. The molecule has 2 aromatic carbocycles. The Morgan fingerprint density at radius 3 is 2.24 bits per heavy atom. The molecule has 0 aliphatic carbocycles. The van der Waals surface area contributed by atoms with E-state index in [0.29, 0.717) is 11.8 Å². The van der Waals surface area contributed by atoms with Crippen LogP contribution in [0.3, 0.4) is 0 Å². The van der Waals surface area contributed by atoms with Crippen LogP contribution in [0.15, 0.2) is 36.4 Å². The lowest BCUT2D eigenvalue weighted by molar-refractivity contribution is 0.424. The summed E-state index contributed by atoms with van der Waals surface area (Å²) < 4.78 is 44.1. The van der Waals surface area contributed by atoms with Crippen LogP contribution in [-0.2, 0) is 0 Å². The van der Waals surface area contributed by atoms with E-state index >= 15 is 0 Å². The molecule has 0 aliphatic heterocycles. The molecule has 88 valence electrons. The predicted octanol–water partition coefficient (Wildman–Crippen LogP) is 4.55. The Balaban J connectivity index is 2.41. The third kappa shape index (κ3) is 2.36. The van der Waals surface area contributed by atoms with Crippen LogP contribution in [0.25, 0.3) is 0 Å². The maximum Gasteiger partial charge on any atom is 0.196 e. The van der Waals surface area contributed by atoms with Crippen molar-refractivity contribution in [1.82, 2.24) is 0 Å². The van der Waals surface area contributed by atoms with E-state index in [0.717, 1.165) is 0 Å². The van der Waals surface area contributed by atoms with Crippen LogP contribution in [0.2, 0.25) is 5.02 Å². The topological polar surface area (TPSA) is 9.23 Å². The molecule has 0 atom stereocenters. The van der Waals surface area contributed by atoms with Crippen molar-refractivity contribution in [3.63, 3.8) is 0 Å². The van der Waals surface area contributed by atoms with Gasteiger partial charge in [-0.3, -0.25) is 0 Å². The summed E-state index contributed by atoms with van der Waals surface area (Å²) >= 11 is 5.51. The number of ether oxygens (including phenoxy) is 1. The van der Waals surface area contributed by atoms with Crippen LogP contribution < -0.4 is 4.74 Å². The summed E-state index contributed by atoms with van der Waals surface area (Å²) in [7, 11) is 0. The molecule has 0 saturated heterocycles. The second-order valence-electron chi connectivity index (χ2n) is 3.21. The summed E-state index contributed by atoms with van der Waals surface area (Å²) in [4.78, 5) is 0. The Morgan fingerprint density at radius 2 is 1.59 bits per heavy atom. The standard InChI is InChI=1S/C12H6ClF3O/c13-10-9(6-8(14)11(15)12(10)16)17-7-4-2-1-3-5-7/h1-6H. The summed E-state index contributed by atoms with van der Waals surface area (Å²) in [6.07, 6.45) is 0. The molecule has 2 aromatic rings. The van der Waals surface area contributed by atoms with Crippen molar-refractivity contribution in [2.45, 2.75) is 0 Å². The molecule has 1 nitrogen and oxygen atoms in total. The van der Waals surface area contributed by atoms with Gasteiger partial charge in [0.1, 0.15) is 10.8 Å². The number of halogens is 4. The Bertz CT molecular complexity index is 543. The lowest BCUT2D eigenvalue weighted by Gasteiger charge is -2.08. The van der Waals surface area contributed by atoms with Gasteiger partial charge in [0, 0.05) is 6.07 Å². The average Bonchev–Trinajstić information content (AvgIpc) is 2.35. The number of hydrogen-bond acceptors (Lipinski definition) is 1. The summed E-state index contributed by atoms with van der Waals surface area (Å²) in [5, 5.41) is -0.590. The Morgan fingerprint density at radius 1 is 0.941 bits per heavy atom. The first kappa shape index (κ1) is 11.8. The van der Waals surface area contributed by atoms with Crippen molar-refractivity contribution in [3.8, 4) is 11.5 Å². The average molecular weight is 259 g/mol. The molecule has 5 heteroatoms. The minimum Gasteiger partial charge on any atom is -0.456 e. The molecule has 0 spiro atoms. The third-order valence-corrected chi connectivity index (χ3v) is 2.39. The van der Waals surface area contributed by atoms with Gasteiger partial charge in [-0.15, -0.1) is 0 Å². The van der Waals surface area contributed by atoms with Crippen LogP contribution in [0.5, 0.6) is 11.5 Å². The van der Waals surface area contributed by atoms with Gasteiger partial charge in [0.05, 0.1) is 0 Å². The van der Waals surface area contributed by atoms with Gasteiger partial charge in [0.2, 0.25) is 0 Å². The SMILES string of the molecule is Fc1cc(Oc2ccccc2)c(Cl)c(F)c1F. The van der Waals surface area contributed by atoms with Gasteiger partial charge >= 0.3 is 0 Å². The van der Waals surface area contributed by atoms with E-state index in [9.17, 15) is 13.2 Å². The molecule has 0 unspecified atom stereocenters. The van der Waals surface area contributed by atoms with Crippen molar-refractivity contribution in [3.05, 3.63) is 58.9 Å². The third-order valence-electron chi connectivity index (χ3n) is 2.04. The Kier molecular flexibility index (Phi) is 3.24. The molecule has 0 bridgehead atoms. The molecule has 0 N–H and O–H groups in total. The van der Waals surface area contributed by atoms with Gasteiger partial charge in [-0.1, -0.05) is 29.8 Å². The smallest absolute Gasteiger partial charge is 0.196 e. The molecule has 17 heavy (non-hydrogen) atoms. The second-order valence-corrected chi connectivity index (χ2v) is 3.59. The molecular weight excluding hydrogens is 253 g/mol. The second kappa shape index (κ2) is 4.67. The van der Waals surface area contributed by atoms with Crippen LogP contribution in [0.4, 0.5) is 13.2 Å². The number of benzene rings is 2. The van der Waals surface area contributed by atoms with Crippen molar-refractivity contribution >= 4 is 11.6 Å². The van der Waals surface area contributed by atoms with Gasteiger partial charge in [0.15, 0.2) is 23.2 Å². The zero-order chi connectivity index (χ0) is 12.4. The Hall–Kier alpha value is -1.68. The molecule has 0 heterocycles. The molecular formula is C12H6ClF3O. The molecule has 0 amide bonds. The minimum atomic E-state index is -1.62. The summed E-state index contributed by atoms with van der Waals surface area (Å²) in [6.45, 7) is 0. The maximum absolute atomic E-state index is 13.1. The quantitative estimate of drug-likeness (QED) is 0.567. The molecule has 0 fully saturated rings. The normalized spacial score (nSPS) is 10.4. The van der Waals surface area contributed by atoms with Crippen LogP contribution >= 0.6 is 11.6 Å². The number of rotatable bonds is 2. The van der Waals surface area contributed by atoms with Crippen LogP contribution in [0.1, 0.15) is 0 Å². The zero-order valence-electron chi connectivity index (χ0n) is 8.38. The molecule has 2 rings (SSSR count). The minimum absolute atomic E-state index is 0.269. The van der Waals surface area contributed by atoms with Crippen molar-refractivity contribution in [1.29, 1.82) is 0 Å². The highest BCUT2D eigenvalue weighted by Crippen LogP contribution is 2.33. The molecule has 0 saturated carbocycles. The monoisotopic (exact) mass is 258 g/mol. The van der Waals surface area contributed by atoms with Gasteiger partial charge in [-0.25, -0.2) is 13.2 Å². The van der Waals surface area contributed by atoms with Crippen molar-refractivity contribution in [2.75, 3.05) is 0 Å². The van der Waals surface area contributed by atoms with Crippen LogP contribution in [0, 0.1) is 17.5 Å². The number of para-hydroxylation sites is 1. The van der Waals surface area contributed by atoms with Crippen LogP contribution in [-0.4, -0.2) is 0 Å². The van der Waals surface area contributed by atoms with E-state index in [-0.39, 0.29) is 5.75 Å². The van der Waals surface area contributed by atoms with Gasteiger partial charge in [0.25, 0.3) is 0 Å². The largest absolute Gasteiger partial charge is 0.456 e. The van der Waals surface area contributed by atoms with Crippen molar-refractivity contribution < 1.29 is 17.9 Å². The van der Waals surface area contributed by atoms with E-state index in [1.54, 1.807) is 30.3 Å². The molecule has 0 aromatic heterocycles. The van der Waals surface area contributed by atoms with E-state index in [4.69, 9.17) is 16.3 Å². The lowest BCUT2D eigenvalue weighted by Crippen LogP contribution is -1.95. The zero-order valence-corrected chi connectivity index (χ0v) is 9.14. The predicted molar refractivity (Wildman–Crippen MR) is 57.8 cm³/mol. The van der Waals surface area contributed by atoms with Gasteiger partial charge in [-0.2, -0.15) is 0 Å². The van der Waals surface area contributed by atoms with Crippen molar-refractivity contribution in [2.24, 2.45) is 0 Å². The lowest BCUT2D eigenvalue weighted by atomic mass is 10.3. The Labute approximate surface area is 100 Å². The van der Waals surface area contributed by atoms with E-state index in [1.165, 1.54) is 0 Å². The van der Waals surface area contributed by atoms with E-state index in [2.05, 4.69) is 0 Å². The maximum atomic E-state index is 13.1. The van der Waals surface area contributed by atoms with E-state index < -0.39 is 22.5 Å². The highest BCUT2D eigenvalue weighted by molar-refractivity contribution is 6.32. The fourth-order valence-corrected chi connectivity index (χ4v) is 1.42. The first-order valence-electron chi connectivity index (χ1n) is 4.65. The van der Waals surface area contributed by atoms with Gasteiger partial charge < -0.3 is 4.74 Å². The van der Waals surface area contributed by atoms with E-state index in [1.807, 2.05) is 0 Å². The summed E-state index contributed by atoms with van der Waals surface area (Å²) in [6, 6.07) is 8.97. The van der Waals surface area contributed by atoms with Gasteiger partial charge in [-0.05, 0) is 12.1 Å². The fraction of sp³-hybridized carbons (Fsp3) is 0. The fourth-order valence-electron chi connectivity index (χ4n) is 1.24. The first-order valence-corrected chi connectivity index (χ1v) is 5.03. The highest BCUT2D eigenvalue weighted by Gasteiger charge is 2.18. The summed E-state index contributed by atoms with van der Waals surface area (Å²) in [5.74, 6) is -4.35.